The molecule has 116 valence electrons. The van der Waals surface area contributed by atoms with Crippen molar-refractivity contribution in [3.8, 4) is 11.1 Å². The van der Waals surface area contributed by atoms with Gasteiger partial charge in [0.15, 0.2) is 9.93 Å². The topological polar surface area (TPSA) is 44.5 Å². The first-order valence-corrected chi connectivity index (χ1v) is 11.5. The second-order valence-corrected chi connectivity index (χ2v) is 8.19. The highest BCUT2D eigenvalue weighted by Crippen LogP contribution is 2.43. The van der Waals surface area contributed by atoms with Gasteiger partial charge in [-0.15, -0.1) is 0 Å². The Hall–Kier alpha value is -0.680. The fraction of sp³-hybridized carbons (Fsp3) is 0. The minimum atomic E-state index is 0.388. The minimum absolute atomic E-state index is 0.388. The number of H-pyrrole nitrogens is 2. The fourth-order valence-corrected chi connectivity index (χ4v) is 6.00. The molecule has 0 unspecified atom stereocenters. The van der Waals surface area contributed by atoms with Crippen molar-refractivity contribution in [3.63, 3.8) is 0 Å². The predicted octanol–water partition coefficient (Wildman–Crippen LogP) is 6.46. The highest BCUT2D eigenvalue weighted by molar-refractivity contribution is 14.2. The molecule has 0 saturated carbocycles. The number of aromatic nitrogens is 3. The van der Waals surface area contributed by atoms with E-state index in [9.17, 15) is 0 Å². The van der Waals surface area contributed by atoms with Crippen molar-refractivity contribution < 1.29 is 0 Å². The van der Waals surface area contributed by atoms with Crippen molar-refractivity contribution in [1.29, 1.82) is 0 Å². The first-order valence-electron chi connectivity index (χ1n) is 6.53. The molecule has 23 heavy (non-hydrogen) atoms. The molecule has 3 nitrogen and oxygen atoms in total. The molecule has 0 radical (unpaired) electrons. The van der Waals surface area contributed by atoms with Gasteiger partial charge in [-0.3, -0.25) is 0 Å². The van der Waals surface area contributed by atoms with E-state index < -0.39 is 0 Å². The maximum atomic E-state index is 5.13. The van der Waals surface area contributed by atoms with Gasteiger partial charge in [-0.25, -0.2) is 0 Å². The molecule has 0 aliphatic carbocycles. The van der Waals surface area contributed by atoms with Gasteiger partial charge >= 0.3 is 0 Å². The van der Waals surface area contributed by atoms with E-state index in [-0.39, 0.29) is 0 Å². The van der Waals surface area contributed by atoms with Crippen LogP contribution in [-0.4, -0.2) is 15.0 Å². The molecule has 3 aromatic rings. The van der Waals surface area contributed by atoms with Gasteiger partial charge in [0.1, 0.15) is 0 Å². The van der Waals surface area contributed by atoms with Gasteiger partial charge in [-0.2, -0.15) is 4.98 Å². The Morgan fingerprint density at radius 2 is 1.74 bits per heavy atom. The molecule has 0 atom stereocenters. The summed E-state index contributed by atoms with van der Waals surface area (Å²) in [6.45, 7) is 0. The van der Waals surface area contributed by atoms with Crippen LogP contribution >= 0.6 is 66.3 Å². The third-order valence-corrected chi connectivity index (χ3v) is 6.38. The van der Waals surface area contributed by atoms with Crippen LogP contribution in [0.15, 0.2) is 63.5 Å². The van der Waals surface area contributed by atoms with E-state index in [2.05, 4.69) is 66.5 Å². The van der Waals surface area contributed by atoms with Crippen molar-refractivity contribution in [2.24, 2.45) is 0 Å². The predicted molar refractivity (Wildman–Crippen MR) is 110 cm³/mol. The van der Waals surface area contributed by atoms with Gasteiger partial charge in [-0.05, 0) is 41.6 Å². The second-order valence-electron chi connectivity index (χ2n) is 4.48. The van der Waals surface area contributed by atoms with Crippen molar-refractivity contribution in [3.05, 3.63) is 58.1 Å². The Bertz CT molecular complexity index is 909. The third-order valence-electron chi connectivity index (χ3n) is 2.99. The molecule has 0 bridgehead atoms. The van der Waals surface area contributed by atoms with E-state index in [4.69, 9.17) is 24.4 Å². The summed E-state index contributed by atoms with van der Waals surface area (Å²) >= 11 is 14.1. The summed E-state index contributed by atoms with van der Waals surface area (Å²) < 4.78 is 0.870. The summed E-state index contributed by atoms with van der Waals surface area (Å²) in [5.74, 6) is 0. The molecule has 0 amide bonds. The lowest BCUT2D eigenvalue weighted by Gasteiger charge is -2.11. The van der Waals surface area contributed by atoms with E-state index in [0.29, 0.717) is 14.7 Å². The molecule has 0 spiro atoms. The maximum Gasteiger partial charge on any atom is 0.201 e. The molecular formula is C15H10IN3S4. The van der Waals surface area contributed by atoms with Gasteiger partial charge in [0.05, 0.1) is 0 Å². The zero-order valence-electron chi connectivity index (χ0n) is 11.6. The molecule has 3 rings (SSSR count). The molecule has 2 N–H and O–H groups in total. The Labute approximate surface area is 164 Å². The molecule has 2 aromatic carbocycles. The SMILES string of the molecule is S=c1nc(Sc2cccc(-c3ccccc3)c2SI)[nH]c(=S)[nH]1. The molecule has 0 aliphatic heterocycles. The van der Waals surface area contributed by atoms with E-state index in [1.165, 1.54) is 27.8 Å². The number of aromatic amines is 2. The Balaban J connectivity index is 2.06. The normalized spacial score (nSPS) is 10.7. The van der Waals surface area contributed by atoms with Crippen LogP contribution in [0.3, 0.4) is 0 Å². The van der Waals surface area contributed by atoms with E-state index in [0.717, 1.165) is 4.90 Å². The summed E-state index contributed by atoms with van der Waals surface area (Å²) in [6.07, 6.45) is 0. The van der Waals surface area contributed by atoms with Crippen molar-refractivity contribution in [1.82, 2.24) is 15.0 Å². The minimum Gasteiger partial charge on any atom is -0.311 e. The van der Waals surface area contributed by atoms with Crippen molar-refractivity contribution in [2.75, 3.05) is 0 Å². The molecule has 0 fully saturated rings. The number of nitrogens with one attached hydrogen (secondary N) is 2. The van der Waals surface area contributed by atoms with Crippen LogP contribution in [0.1, 0.15) is 0 Å². The maximum absolute atomic E-state index is 5.13. The fourth-order valence-electron chi connectivity index (χ4n) is 2.05. The standard InChI is InChI=1S/C15H10IN3S4/c16-23-12-10(9-5-2-1-3-6-9)7-4-8-11(12)22-15-18-13(20)17-14(21)19-15/h1-8H,(H2,17,18,19,20,21). The smallest absolute Gasteiger partial charge is 0.201 e. The average Bonchev–Trinajstić information content (AvgIpc) is 2.54. The van der Waals surface area contributed by atoms with Crippen LogP contribution in [-0.2, 0) is 0 Å². The van der Waals surface area contributed by atoms with Crippen LogP contribution in [0.25, 0.3) is 11.1 Å². The molecule has 8 heteroatoms. The third kappa shape index (κ3) is 4.24. The number of hydrogen-bond donors (Lipinski definition) is 2. The quantitative estimate of drug-likeness (QED) is 0.327. The Morgan fingerprint density at radius 3 is 2.43 bits per heavy atom. The highest BCUT2D eigenvalue weighted by Gasteiger charge is 2.12. The zero-order chi connectivity index (χ0) is 16.2. The Morgan fingerprint density at radius 1 is 0.957 bits per heavy atom. The van der Waals surface area contributed by atoms with Crippen molar-refractivity contribution >= 4 is 66.3 Å². The second kappa shape index (κ2) is 7.93. The average molecular weight is 487 g/mol. The molecule has 1 aromatic heterocycles. The van der Waals surface area contributed by atoms with E-state index >= 15 is 0 Å². The van der Waals surface area contributed by atoms with Crippen molar-refractivity contribution in [2.45, 2.75) is 14.9 Å². The number of rotatable bonds is 4. The number of hydrogen-bond acceptors (Lipinski definition) is 5. The van der Waals surface area contributed by atoms with Gasteiger partial charge in [0, 0.05) is 31.0 Å². The van der Waals surface area contributed by atoms with Crippen LogP contribution in [0.5, 0.6) is 0 Å². The van der Waals surface area contributed by atoms with Gasteiger partial charge in [0.25, 0.3) is 0 Å². The van der Waals surface area contributed by atoms with Gasteiger partial charge in [0.2, 0.25) is 4.77 Å². The lowest BCUT2D eigenvalue weighted by molar-refractivity contribution is 0.871. The molecule has 1 heterocycles. The monoisotopic (exact) mass is 487 g/mol. The summed E-state index contributed by atoms with van der Waals surface area (Å²) in [5.41, 5.74) is 2.40. The summed E-state index contributed by atoms with van der Waals surface area (Å²) in [4.78, 5) is 12.5. The lowest BCUT2D eigenvalue weighted by atomic mass is 10.1. The van der Waals surface area contributed by atoms with Gasteiger partial charge in [-0.1, -0.05) is 63.2 Å². The molecule has 0 saturated heterocycles. The van der Waals surface area contributed by atoms with Crippen LogP contribution in [0.4, 0.5) is 0 Å². The molecular weight excluding hydrogens is 477 g/mol. The van der Waals surface area contributed by atoms with Gasteiger partial charge < -0.3 is 9.97 Å². The number of halogens is 1. The number of benzene rings is 2. The summed E-state index contributed by atoms with van der Waals surface area (Å²) in [7, 11) is 1.69. The van der Waals surface area contributed by atoms with E-state index in [1.54, 1.807) is 8.93 Å². The lowest BCUT2D eigenvalue weighted by Crippen LogP contribution is -1.92. The van der Waals surface area contributed by atoms with Crippen LogP contribution in [0, 0.1) is 9.54 Å². The van der Waals surface area contributed by atoms with E-state index in [1.807, 2.05) is 18.2 Å². The van der Waals surface area contributed by atoms with Crippen LogP contribution in [0.2, 0.25) is 0 Å². The zero-order valence-corrected chi connectivity index (χ0v) is 17.0. The summed E-state index contributed by atoms with van der Waals surface area (Å²) in [6, 6.07) is 16.6. The first kappa shape index (κ1) is 17.2. The molecule has 0 aliphatic rings. The number of nitrogens with zero attached hydrogens (tertiary/aromatic N) is 1. The summed E-state index contributed by atoms with van der Waals surface area (Å²) in [5, 5.41) is 0.690. The highest BCUT2D eigenvalue weighted by atomic mass is 127. The largest absolute Gasteiger partial charge is 0.311 e. The first-order chi connectivity index (χ1) is 11.2. The van der Waals surface area contributed by atoms with Crippen LogP contribution < -0.4 is 0 Å². The Kier molecular flexibility index (Phi) is 5.91.